The molecule has 35 heavy (non-hydrogen) atoms. The maximum atomic E-state index is 14.6. The Hall–Kier alpha value is -3.99. The maximum absolute atomic E-state index is 14.6. The fourth-order valence-corrected chi connectivity index (χ4v) is 4.24. The Morgan fingerprint density at radius 3 is 2.31 bits per heavy atom. The maximum Gasteiger partial charge on any atom is 0.320 e. The van der Waals surface area contributed by atoms with Crippen molar-refractivity contribution in [2.24, 2.45) is 0 Å². The van der Waals surface area contributed by atoms with Crippen LogP contribution in [0.15, 0.2) is 47.3 Å². The third kappa shape index (κ3) is 4.67. The van der Waals surface area contributed by atoms with Crippen LogP contribution in [0.1, 0.15) is 10.4 Å². The molecule has 3 aromatic rings. The SMILES string of the molecule is O=C(c1cc(Oc2n[nH]c(=O)c3ccccc23)ccc1F)N1CCN(C(=O)N2CCOCC2)CC1. The number of benzene rings is 2. The minimum absolute atomic E-state index is 0.0670. The Morgan fingerprint density at radius 2 is 1.57 bits per heavy atom. The molecule has 3 heterocycles. The van der Waals surface area contributed by atoms with E-state index in [1.807, 2.05) is 0 Å². The number of ether oxygens (including phenoxy) is 2. The molecule has 2 aromatic carbocycles. The Morgan fingerprint density at radius 1 is 0.914 bits per heavy atom. The predicted octanol–water partition coefficient (Wildman–Crippen LogP) is 2.06. The molecule has 0 bridgehead atoms. The molecule has 5 rings (SSSR count). The van der Waals surface area contributed by atoms with E-state index in [2.05, 4.69) is 10.2 Å². The first-order chi connectivity index (χ1) is 17.0. The third-order valence-corrected chi connectivity index (χ3v) is 6.16. The molecule has 2 saturated heterocycles. The molecule has 0 unspecified atom stereocenters. The van der Waals surface area contributed by atoms with Crippen molar-refractivity contribution in [1.29, 1.82) is 0 Å². The summed E-state index contributed by atoms with van der Waals surface area (Å²) in [4.78, 5) is 42.7. The number of hydrogen-bond donors (Lipinski definition) is 1. The van der Waals surface area contributed by atoms with Crippen molar-refractivity contribution >= 4 is 22.7 Å². The van der Waals surface area contributed by atoms with Gasteiger partial charge in [0.2, 0.25) is 5.88 Å². The number of H-pyrrole nitrogens is 1. The number of nitrogens with one attached hydrogen (secondary N) is 1. The Kier molecular flexibility index (Phi) is 6.32. The molecule has 0 spiro atoms. The minimum atomic E-state index is -0.673. The van der Waals surface area contributed by atoms with E-state index in [0.717, 1.165) is 6.07 Å². The number of carbonyl (C=O) groups excluding carboxylic acids is 2. The third-order valence-electron chi connectivity index (χ3n) is 6.16. The Labute approximate surface area is 199 Å². The Bertz CT molecular complexity index is 1320. The largest absolute Gasteiger partial charge is 0.437 e. The number of carbonyl (C=O) groups is 2. The van der Waals surface area contributed by atoms with Crippen LogP contribution in [0, 0.1) is 5.82 Å². The van der Waals surface area contributed by atoms with Gasteiger partial charge in [0.25, 0.3) is 11.5 Å². The van der Waals surface area contributed by atoms with E-state index < -0.39 is 11.7 Å². The van der Waals surface area contributed by atoms with E-state index in [9.17, 15) is 18.8 Å². The van der Waals surface area contributed by atoms with Crippen molar-refractivity contribution in [2.45, 2.75) is 0 Å². The predicted molar refractivity (Wildman–Crippen MR) is 124 cm³/mol. The van der Waals surface area contributed by atoms with Gasteiger partial charge in [-0.3, -0.25) is 9.59 Å². The van der Waals surface area contributed by atoms with Crippen LogP contribution < -0.4 is 10.3 Å². The summed E-state index contributed by atoms with van der Waals surface area (Å²) in [6.07, 6.45) is 0. The van der Waals surface area contributed by atoms with Crippen LogP contribution in [0.5, 0.6) is 11.6 Å². The van der Waals surface area contributed by atoms with Gasteiger partial charge >= 0.3 is 6.03 Å². The molecule has 2 aliphatic rings. The quantitative estimate of drug-likeness (QED) is 0.614. The van der Waals surface area contributed by atoms with Gasteiger partial charge in [-0.25, -0.2) is 14.3 Å². The zero-order valence-corrected chi connectivity index (χ0v) is 18.9. The zero-order chi connectivity index (χ0) is 24.4. The number of morpholine rings is 1. The van der Waals surface area contributed by atoms with Crippen LogP contribution in [0.3, 0.4) is 0 Å². The summed E-state index contributed by atoms with van der Waals surface area (Å²) in [5.74, 6) is -0.805. The van der Waals surface area contributed by atoms with E-state index in [1.54, 1.807) is 34.1 Å². The molecular formula is C24H24FN5O5. The number of aromatic amines is 1. The lowest BCUT2D eigenvalue weighted by molar-refractivity contribution is 0.0362. The molecule has 0 atom stereocenters. The van der Waals surface area contributed by atoms with Crippen molar-refractivity contribution < 1.29 is 23.5 Å². The molecule has 3 amide bonds. The molecule has 11 heteroatoms. The first-order valence-electron chi connectivity index (χ1n) is 11.4. The molecule has 1 N–H and O–H groups in total. The number of halogens is 1. The van der Waals surface area contributed by atoms with Gasteiger partial charge < -0.3 is 24.2 Å². The van der Waals surface area contributed by atoms with Crippen LogP contribution in [-0.2, 0) is 4.74 Å². The van der Waals surface area contributed by atoms with Gasteiger partial charge in [0.15, 0.2) is 0 Å². The lowest BCUT2D eigenvalue weighted by atomic mass is 10.1. The monoisotopic (exact) mass is 481 g/mol. The lowest BCUT2D eigenvalue weighted by Crippen LogP contribution is -2.55. The van der Waals surface area contributed by atoms with Crippen LogP contribution in [0.2, 0.25) is 0 Å². The highest BCUT2D eigenvalue weighted by atomic mass is 19.1. The van der Waals surface area contributed by atoms with E-state index in [4.69, 9.17) is 9.47 Å². The number of hydrogen-bond acceptors (Lipinski definition) is 6. The molecular weight excluding hydrogens is 457 g/mol. The molecule has 0 aliphatic carbocycles. The summed E-state index contributed by atoms with van der Waals surface area (Å²) in [7, 11) is 0. The second-order valence-corrected chi connectivity index (χ2v) is 8.31. The highest BCUT2D eigenvalue weighted by Crippen LogP contribution is 2.27. The smallest absolute Gasteiger partial charge is 0.320 e. The van der Waals surface area contributed by atoms with Gasteiger partial charge in [-0.2, -0.15) is 0 Å². The van der Waals surface area contributed by atoms with Crippen LogP contribution >= 0.6 is 0 Å². The van der Waals surface area contributed by atoms with Crippen LogP contribution in [-0.4, -0.2) is 89.3 Å². The molecule has 1 aromatic heterocycles. The van der Waals surface area contributed by atoms with E-state index >= 15 is 0 Å². The van der Waals surface area contributed by atoms with Gasteiger partial charge in [0.05, 0.1) is 29.5 Å². The molecule has 0 radical (unpaired) electrons. The number of nitrogens with zero attached hydrogens (tertiary/aromatic N) is 4. The van der Waals surface area contributed by atoms with Gasteiger partial charge in [0, 0.05) is 39.3 Å². The zero-order valence-electron chi connectivity index (χ0n) is 18.9. The fourth-order valence-electron chi connectivity index (χ4n) is 4.24. The van der Waals surface area contributed by atoms with Crippen molar-refractivity contribution in [2.75, 3.05) is 52.5 Å². The molecule has 2 aliphatic heterocycles. The van der Waals surface area contributed by atoms with Crippen LogP contribution in [0.4, 0.5) is 9.18 Å². The minimum Gasteiger partial charge on any atom is -0.437 e. The number of aromatic nitrogens is 2. The van der Waals surface area contributed by atoms with Gasteiger partial charge in [0.1, 0.15) is 11.6 Å². The topological polar surface area (TPSA) is 108 Å². The summed E-state index contributed by atoms with van der Waals surface area (Å²) in [5.41, 5.74) is -0.488. The van der Waals surface area contributed by atoms with Gasteiger partial charge in [-0.1, -0.05) is 12.1 Å². The second-order valence-electron chi connectivity index (χ2n) is 8.31. The number of fused-ring (bicyclic) bond motifs is 1. The standard InChI is InChI=1S/C24H24FN5O5/c25-20-6-5-16(35-22-18-4-2-1-3-17(18)21(31)26-27-22)15-19(20)23(32)28-7-9-29(10-8-28)24(33)30-11-13-34-14-12-30/h1-6,15H,7-14H2,(H,26,31). The van der Waals surface area contributed by atoms with Crippen molar-refractivity contribution in [1.82, 2.24) is 24.9 Å². The van der Waals surface area contributed by atoms with Crippen molar-refractivity contribution in [3.8, 4) is 11.6 Å². The Balaban J connectivity index is 1.29. The van der Waals surface area contributed by atoms with Crippen LogP contribution in [0.25, 0.3) is 10.8 Å². The number of piperazine rings is 1. The lowest BCUT2D eigenvalue weighted by Gasteiger charge is -2.38. The van der Waals surface area contributed by atoms with Crippen molar-refractivity contribution in [3.63, 3.8) is 0 Å². The summed E-state index contributed by atoms with van der Waals surface area (Å²) in [6.45, 7) is 3.47. The number of amides is 3. The summed E-state index contributed by atoms with van der Waals surface area (Å²) in [5, 5.41) is 7.23. The van der Waals surface area contributed by atoms with Crippen molar-refractivity contribution in [3.05, 3.63) is 64.2 Å². The summed E-state index contributed by atoms with van der Waals surface area (Å²) < 4.78 is 25.7. The normalized spacial score (nSPS) is 16.4. The first-order valence-corrected chi connectivity index (χ1v) is 11.4. The van der Waals surface area contributed by atoms with E-state index in [1.165, 1.54) is 17.0 Å². The molecule has 0 saturated carbocycles. The first kappa shape index (κ1) is 22.8. The average Bonchev–Trinajstić information content (AvgIpc) is 2.91. The average molecular weight is 481 g/mol. The summed E-state index contributed by atoms with van der Waals surface area (Å²) >= 11 is 0. The van der Waals surface area contributed by atoms with E-state index in [0.29, 0.717) is 63.3 Å². The summed E-state index contributed by atoms with van der Waals surface area (Å²) in [6, 6.07) is 10.6. The second kappa shape index (κ2) is 9.71. The number of rotatable bonds is 3. The molecule has 2 fully saturated rings. The number of urea groups is 1. The highest BCUT2D eigenvalue weighted by Gasteiger charge is 2.29. The van der Waals surface area contributed by atoms with Gasteiger partial charge in [-0.05, 0) is 30.3 Å². The van der Waals surface area contributed by atoms with E-state index in [-0.39, 0.29) is 28.8 Å². The highest BCUT2D eigenvalue weighted by molar-refractivity contribution is 5.95. The molecule has 182 valence electrons. The fraction of sp³-hybridized carbons (Fsp3) is 0.333. The van der Waals surface area contributed by atoms with Gasteiger partial charge in [-0.15, -0.1) is 5.10 Å². The molecule has 10 nitrogen and oxygen atoms in total.